The number of hydrogen-bond donors (Lipinski definition) is 0. The summed E-state index contributed by atoms with van der Waals surface area (Å²) >= 11 is 9.50. The van der Waals surface area contributed by atoms with Crippen LogP contribution in [0.3, 0.4) is 0 Å². The van der Waals surface area contributed by atoms with Gasteiger partial charge in [0.25, 0.3) is 0 Å². The molecule has 0 aliphatic carbocycles. The average molecular weight is 332 g/mol. The number of para-hydroxylation sites is 1. The van der Waals surface area contributed by atoms with Crippen LogP contribution in [0.4, 0.5) is 4.39 Å². The molecule has 0 spiro atoms. The molecule has 1 aromatic carbocycles. The molecule has 0 aliphatic rings. The minimum Gasteiger partial charge on any atom is -0.233 e. The normalized spacial score (nSPS) is 10.9. The molecule has 0 unspecified atom stereocenters. The zero-order valence-electron chi connectivity index (χ0n) is 9.96. The first-order valence-corrected chi connectivity index (χ1v) is 7.25. The Morgan fingerprint density at radius 1 is 1.44 bits per heavy atom. The Kier molecular flexibility index (Phi) is 4.40. The van der Waals surface area contributed by atoms with Crippen molar-refractivity contribution in [1.82, 2.24) is 9.78 Å². The second-order valence-corrected chi connectivity index (χ2v) is 4.95. The zero-order valence-corrected chi connectivity index (χ0v) is 12.3. The largest absolute Gasteiger partial charge is 0.233 e. The second-order valence-electron chi connectivity index (χ2n) is 3.98. The minimum absolute atomic E-state index is 0.329. The first-order chi connectivity index (χ1) is 8.69. The summed E-state index contributed by atoms with van der Waals surface area (Å²) in [6, 6.07) is 4.66. The molecule has 1 aromatic heterocycles. The van der Waals surface area contributed by atoms with Gasteiger partial charge < -0.3 is 0 Å². The van der Waals surface area contributed by atoms with Gasteiger partial charge in [-0.1, -0.05) is 46.9 Å². The molecule has 0 amide bonds. The summed E-state index contributed by atoms with van der Waals surface area (Å²) < 4.78 is 15.5. The molecule has 96 valence electrons. The topological polar surface area (TPSA) is 17.8 Å². The van der Waals surface area contributed by atoms with Crippen molar-refractivity contribution >= 4 is 27.5 Å². The highest BCUT2D eigenvalue weighted by atomic mass is 79.9. The van der Waals surface area contributed by atoms with E-state index in [0.29, 0.717) is 16.0 Å². The van der Waals surface area contributed by atoms with E-state index in [1.54, 1.807) is 23.0 Å². The molecule has 0 saturated carbocycles. The third-order valence-electron chi connectivity index (χ3n) is 2.74. The molecule has 2 nitrogen and oxygen atoms in total. The monoisotopic (exact) mass is 330 g/mol. The van der Waals surface area contributed by atoms with Crippen molar-refractivity contribution in [2.24, 2.45) is 0 Å². The molecule has 0 atom stereocenters. The van der Waals surface area contributed by atoms with Crippen molar-refractivity contribution in [2.75, 3.05) is 0 Å². The minimum atomic E-state index is -0.357. The van der Waals surface area contributed by atoms with Gasteiger partial charge in [-0.2, -0.15) is 5.10 Å². The highest BCUT2D eigenvalue weighted by molar-refractivity contribution is 9.08. The number of halogens is 3. The van der Waals surface area contributed by atoms with Gasteiger partial charge in [0.2, 0.25) is 0 Å². The smallest absolute Gasteiger partial charge is 0.150 e. The second kappa shape index (κ2) is 5.85. The van der Waals surface area contributed by atoms with E-state index in [1.807, 2.05) is 0 Å². The van der Waals surface area contributed by atoms with Gasteiger partial charge in [-0.3, -0.25) is 0 Å². The fourth-order valence-corrected chi connectivity index (χ4v) is 2.62. The maximum absolute atomic E-state index is 13.9. The standard InChI is InChI=1S/C13H13BrClFN2/c1-2-4-12-9(7-14)8-17-18(12)13-10(15)5-3-6-11(13)16/h3,5-6,8H,2,4,7H2,1H3. The predicted octanol–water partition coefficient (Wildman–Crippen LogP) is 4.51. The zero-order chi connectivity index (χ0) is 13.1. The Balaban J connectivity index is 2.60. The van der Waals surface area contributed by atoms with E-state index in [-0.39, 0.29) is 5.82 Å². The van der Waals surface area contributed by atoms with Crippen LogP contribution >= 0.6 is 27.5 Å². The number of benzene rings is 1. The maximum Gasteiger partial charge on any atom is 0.150 e. The quantitative estimate of drug-likeness (QED) is 0.754. The Bertz CT molecular complexity index is 534. The molecule has 0 N–H and O–H groups in total. The van der Waals surface area contributed by atoms with E-state index in [0.717, 1.165) is 24.1 Å². The van der Waals surface area contributed by atoms with Gasteiger partial charge in [0.15, 0.2) is 0 Å². The van der Waals surface area contributed by atoms with E-state index < -0.39 is 0 Å². The van der Waals surface area contributed by atoms with Gasteiger partial charge >= 0.3 is 0 Å². The van der Waals surface area contributed by atoms with E-state index >= 15 is 0 Å². The molecule has 0 radical (unpaired) electrons. The lowest BCUT2D eigenvalue weighted by Crippen LogP contribution is -2.06. The summed E-state index contributed by atoms with van der Waals surface area (Å²) in [6.07, 6.45) is 3.56. The third-order valence-corrected chi connectivity index (χ3v) is 3.64. The average Bonchev–Trinajstić information content (AvgIpc) is 2.73. The molecule has 2 rings (SSSR count). The van der Waals surface area contributed by atoms with Crippen LogP contribution in [0.15, 0.2) is 24.4 Å². The van der Waals surface area contributed by atoms with Gasteiger partial charge in [-0.15, -0.1) is 0 Å². The van der Waals surface area contributed by atoms with Gasteiger partial charge in [-0.05, 0) is 18.6 Å². The molecular formula is C13H13BrClFN2. The molecule has 5 heteroatoms. The summed E-state index contributed by atoms with van der Waals surface area (Å²) in [6.45, 7) is 2.08. The summed E-state index contributed by atoms with van der Waals surface area (Å²) in [5.74, 6) is -0.357. The van der Waals surface area contributed by atoms with Crippen molar-refractivity contribution in [1.29, 1.82) is 0 Å². The van der Waals surface area contributed by atoms with Gasteiger partial charge in [0.05, 0.1) is 11.2 Å². The van der Waals surface area contributed by atoms with Crippen molar-refractivity contribution in [2.45, 2.75) is 25.1 Å². The van der Waals surface area contributed by atoms with Crippen LogP contribution in [-0.4, -0.2) is 9.78 Å². The van der Waals surface area contributed by atoms with Crippen LogP contribution in [0, 0.1) is 5.82 Å². The lowest BCUT2D eigenvalue weighted by Gasteiger charge is -2.10. The lowest BCUT2D eigenvalue weighted by atomic mass is 10.2. The maximum atomic E-state index is 13.9. The highest BCUT2D eigenvalue weighted by Gasteiger charge is 2.16. The number of rotatable bonds is 4. The van der Waals surface area contributed by atoms with E-state index in [2.05, 4.69) is 28.0 Å². The first-order valence-electron chi connectivity index (χ1n) is 5.75. The van der Waals surface area contributed by atoms with Crippen molar-refractivity contribution in [3.63, 3.8) is 0 Å². The summed E-state index contributed by atoms with van der Waals surface area (Å²) in [7, 11) is 0. The fraction of sp³-hybridized carbons (Fsp3) is 0.308. The van der Waals surface area contributed by atoms with Crippen molar-refractivity contribution in [3.8, 4) is 5.69 Å². The number of hydrogen-bond acceptors (Lipinski definition) is 1. The first kappa shape index (κ1) is 13.6. The van der Waals surface area contributed by atoms with Crippen molar-refractivity contribution in [3.05, 3.63) is 46.5 Å². The van der Waals surface area contributed by atoms with Crippen LogP contribution in [0.2, 0.25) is 5.02 Å². The molecule has 1 heterocycles. The number of nitrogens with zero attached hydrogens (tertiary/aromatic N) is 2. The predicted molar refractivity (Wildman–Crippen MR) is 75.2 cm³/mol. The van der Waals surface area contributed by atoms with Gasteiger partial charge in [-0.25, -0.2) is 9.07 Å². The third kappa shape index (κ3) is 2.45. The van der Waals surface area contributed by atoms with E-state index in [4.69, 9.17) is 11.6 Å². The number of aromatic nitrogens is 2. The van der Waals surface area contributed by atoms with Crippen LogP contribution < -0.4 is 0 Å². The van der Waals surface area contributed by atoms with Crippen LogP contribution in [-0.2, 0) is 11.8 Å². The Labute approximate surface area is 119 Å². The van der Waals surface area contributed by atoms with Crippen molar-refractivity contribution < 1.29 is 4.39 Å². The Morgan fingerprint density at radius 2 is 2.22 bits per heavy atom. The molecule has 0 bridgehead atoms. The number of alkyl halides is 1. The molecule has 18 heavy (non-hydrogen) atoms. The molecule has 0 aliphatic heterocycles. The Hall–Kier alpha value is -0.870. The molecule has 0 fully saturated rings. The van der Waals surface area contributed by atoms with Crippen LogP contribution in [0.5, 0.6) is 0 Å². The Morgan fingerprint density at radius 3 is 2.83 bits per heavy atom. The van der Waals surface area contributed by atoms with Gasteiger partial charge in [0.1, 0.15) is 11.5 Å². The summed E-state index contributed by atoms with van der Waals surface area (Å²) in [5.41, 5.74) is 2.40. The lowest BCUT2D eigenvalue weighted by molar-refractivity contribution is 0.605. The summed E-state index contributed by atoms with van der Waals surface area (Å²) in [5, 5.41) is 5.33. The molecule has 0 saturated heterocycles. The van der Waals surface area contributed by atoms with Gasteiger partial charge in [0, 0.05) is 16.6 Å². The van der Waals surface area contributed by atoms with Crippen LogP contribution in [0.1, 0.15) is 24.6 Å². The SMILES string of the molecule is CCCc1c(CBr)cnn1-c1c(F)cccc1Cl. The highest BCUT2D eigenvalue weighted by Crippen LogP contribution is 2.26. The van der Waals surface area contributed by atoms with E-state index in [9.17, 15) is 4.39 Å². The summed E-state index contributed by atoms with van der Waals surface area (Å²) in [4.78, 5) is 0. The molecule has 2 aromatic rings. The van der Waals surface area contributed by atoms with Crippen LogP contribution in [0.25, 0.3) is 5.69 Å². The van der Waals surface area contributed by atoms with E-state index in [1.165, 1.54) is 6.07 Å². The molecular weight excluding hydrogens is 319 g/mol. The fourth-order valence-electron chi connectivity index (χ4n) is 1.91.